The van der Waals surface area contributed by atoms with Gasteiger partial charge in [0, 0.05) is 18.2 Å². The smallest absolute Gasteiger partial charge is 0.344 e. The van der Waals surface area contributed by atoms with E-state index >= 15 is 0 Å². The molecule has 1 unspecified atom stereocenters. The number of carbonyl (C=O) groups excluding carboxylic acids is 1. The molecule has 0 bridgehead atoms. The molecule has 0 fully saturated rings. The monoisotopic (exact) mass is 468 g/mol. The van der Waals surface area contributed by atoms with Crippen LogP contribution in [0.15, 0.2) is 89.3 Å². The summed E-state index contributed by atoms with van der Waals surface area (Å²) in [4.78, 5) is 28.7. The summed E-state index contributed by atoms with van der Waals surface area (Å²) in [6, 6.07) is 26.0. The van der Waals surface area contributed by atoms with E-state index in [0.717, 1.165) is 11.1 Å². The summed E-state index contributed by atoms with van der Waals surface area (Å²) < 4.78 is 11.7. The molecule has 1 aromatic heterocycles. The van der Waals surface area contributed by atoms with Crippen LogP contribution in [0.3, 0.4) is 0 Å². The van der Waals surface area contributed by atoms with E-state index in [2.05, 4.69) is 5.32 Å². The van der Waals surface area contributed by atoms with Crippen LogP contribution in [0.25, 0.3) is 34.2 Å². The van der Waals surface area contributed by atoms with E-state index in [0.29, 0.717) is 22.8 Å². The lowest BCUT2D eigenvalue weighted by molar-refractivity contribution is -0.144. The van der Waals surface area contributed by atoms with Gasteiger partial charge in [0.15, 0.2) is 11.9 Å². The van der Waals surface area contributed by atoms with E-state index in [9.17, 15) is 9.59 Å². The van der Waals surface area contributed by atoms with Gasteiger partial charge in [0.2, 0.25) is 5.89 Å². The van der Waals surface area contributed by atoms with Gasteiger partial charge in [0.25, 0.3) is 5.91 Å². The van der Waals surface area contributed by atoms with Crippen molar-refractivity contribution in [2.75, 3.05) is 7.05 Å². The molecule has 2 N–H and O–H groups in total. The third kappa shape index (κ3) is 5.47. The molecule has 7 nitrogen and oxygen atoms in total. The fourth-order valence-corrected chi connectivity index (χ4v) is 3.47. The molecule has 7 heteroatoms. The summed E-state index contributed by atoms with van der Waals surface area (Å²) in [6.07, 6.45) is 0.619. The number of nitrogens with one attached hydrogen (secondary N) is 1. The van der Waals surface area contributed by atoms with Gasteiger partial charge in [-0.1, -0.05) is 72.8 Å². The lowest BCUT2D eigenvalue weighted by Gasteiger charge is -2.10. The second kappa shape index (κ2) is 10.5. The molecule has 0 radical (unpaired) electrons. The van der Waals surface area contributed by atoms with Crippen LogP contribution in [0.2, 0.25) is 0 Å². The first-order valence-electron chi connectivity index (χ1n) is 11.0. The minimum absolute atomic E-state index is 0.160. The minimum Gasteiger partial charge on any atom is -0.479 e. The van der Waals surface area contributed by atoms with Crippen LogP contribution in [0.1, 0.15) is 18.4 Å². The van der Waals surface area contributed by atoms with Gasteiger partial charge in [0.1, 0.15) is 17.0 Å². The zero-order valence-corrected chi connectivity index (χ0v) is 19.3. The van der Waals surface area contributed by atoms with Crippen molar-refractivity contribution in [1.82, 2.24) is 10.3 Å². The highest BCUT2D eigenvalue weighted by Gasteiger charge is 2.23. The van der Waals surface area contributed by atoms with Gasteiger partial charge in [-0.25, -0.2) is 9.78 Å². The van der Waals surface area contributed by atoms with E-state index in [4.69, 9.17) is 19.2 Å². The largest absolute Gasteiger partial charge is 0.479 e. The first-order valence-corrected chi connectivity index (χ1v) is 11.0. The number of carbonyl (C=O) groups is 2. The zero-order chi connectivity index (χ0) is 24.8. The second-order valence-corrected chi connectivity index (χ2v) is 7.74. The molecular formula is C28H24N2O5. The Hall–Kier alpha value is -4.65. The van der Waals surface area contributed by atoms with Gasteiger partial charge in [-0.05, 0) is 30.7 Å². The number of carboxylic acid groups (broad SMARTS) is 1. The quantitative estimate of drug-likeness (QED) is 0.347. The number of amides is 1. The summed E-state index contributed by atoms with van der Waals surface area (Å²) in [7, 11) is 1.53. The summed E-state index contributed by atoms with van der Waals surface area (Å²) in [5.41, 5.74) is 3.15. The van der Waals surface area contributed by atoms with Crippen LogP contribution in [0.5, 0.6) is 5.75 Å². The molecule has 176 valence electrons. The summed E-state index contributed by atoms with van der Waals surface area (Å²) in [6.45, 7) is 1.45. The van der Waals surface area contributed by atoms with Crippen molar-refractivity contribution >= 4 is 23.5 Å². The van der Waals surface area contributed by atoms with Crippen molar-refractivity contribution in [3.05, 3.63) is 96.4 Å². The Morgan fingerprint density at radius 3 is 2.26 bits per heavy atom. The maximum absolute atomic E-state index is 12.9. The third-order valence-corrected chi connectivity index (χ3v) is 5.24. The number of rotatable bonds is 8. The van der Waals surface area contributed by atoms with Crippen LogP contribution < -0.4 is 10.1 Å². The zero-order valence-electron chi connectivity index (χ0n) is 19.3. The van der Waals surface area contributed by atoms with Crippen LogP contribution in [0.4, 0.5) is 0 Å². The number of hydrogen-bond acceptors (Lipinski definition) is 5. The normalized spacial score (nSPS) is 12.1. The standard InChI is InChI=1S/C28H24N2O5/c1-18(28(32)33)34-22-15-9-10-19(16-22)17-23(26(31)29-2)27-30-24(20-11-5-3-6-12-20)25(35-27)21-13-7-4-8-14-21/h3-18H,1-2H3,(H,29,31)(H,32,33). The van der Waals surface area contributed by atoms with Gasteiger partial charge < -0.3 is 19.6 Å². The molecule has 3 aromatic carbocycles. The van der Waals surface area contributed by atoms with Crippen molar-refractivity contribution in [1.29, 1.82) is 0 Å². The summed E-state index contributed by atoms with van der Waals surface area (Å²) in [5, 5.41) is 11.8. The highest BCUT2D eigenvalue weighted by Crippen LogP contribution is 2.35. The van der Waals surface area contributed by atoms with Crippen molar-refractivity contribution in [2.24, 2.45) is 0 Å². The molecule has 1 heterocycles. The van der Waals surface area contributed by atoms with Gasteiger partial charge in [-0.15, -0.1) is 0 Å². The number of aliphatic carboxylic acids is 1. The number of aromatic nitrogens is 1. The average molecular weight is 469 g/mol. The Balaban J connectivity index is 1.81. The lowest BCUT2D eigenvalue weighted by Crippen LogP contribution is -2.22. The molecule has 0 aliphatic carbocycles. The first-order chi connectivity index (χ1) is 17.0. The average Bonchev–Trinajstić information content (AvgIpc) is 3.33. The number of hydrogen-bond donors (Lipinski definition) is 2. The Morgan fingerprint density at radius 2 is 1.63 bits per heavy atom. The fourth-order valence-electron chi connectivity index (χ4n) is 3.47. The fraction of sp³-hybridized carbons (Fsp3) is 0.107. The number of likely N-dealkylation sites (N-methyl/N-ethyl adjacent to an activating group) is 1. The molecular weight excluding hydrogens is 444 g/mol. The maximum Gasteiger partial charge on any atom is 0.344 e. The molecule has 1 amide bonds. The molecule has 4 aromatic rings. The van der Waals surface area contributed by atoms with E-state index in [-0.39, 0.29) is 17.4 Å². The van der Waals surface area contributed by atoms with Crippen LogP contribution in [-0.2, 0) is 9.59 Å². The number of benzene rings is 3. The van der Waals surface area contributed by atoms with Crippen molar-refractivity contribution in [2.45, 2.75) is 13.0 Å². The Morgan fingerprint density at radius 1 is 0.971 bits per heavy atom. The Labute approximate surface area is 202 Å². The van der Waals surface area contributed by atoms with Gasteiger partial charge >= 0.3 is 5.97 Å². The first kappa shape index (κ1) is 23.5. The summed E-state index contributed by atoms with van der Waals surface area (Å²) >= 11 is 0. The Bertz CT molecular complexity index is 1300. The van der Waals surface area contributed by atoms with Gasteiger partial charge in [-0.3, -0.25) is 4.79 Å². The number of carboxylic acids is 1. The van der Waals surface area contributed by atoms with Crippen LogP contribution >= 0.6 is 0 Å². The van der Waals surface area contributed by atoms with Crippen LogP contribution in [-0.4, -0.2) is 35.1 Å². The topological polar surface area (TPSA) is 102 Å². The van der Waals surface area contributed by atoms with E-state index < -0.39 is 12.1 Å². The van der Waals surface area contributed by atoms with E-state index in [1.807, 2.05) is 60.7 Å². The molecule has 0 aliphatic heterocycles. The lowest BCUT2D eigenvalue weighted by atomic mass is 10.1. The van der Waals surface area contributed by atoms with Crippen molar-refractivity contribution in [3.63, 3.8) is 0 Å². The summed E-state index contributed by atoms with van der Waals surface area (Å²) in [5.74, 6) is -0.372. The van der Waals surface area contributed by atoms with E-state index in [1.54, 1.807) is 30.3 Å². The molecule has 0 saturated heterocycles. The van der Waals surface area contributed by atoms with Crippen LogP contribution in [0, 0.1) is 0 Å². The number of ether oxygens (including phenoxy) is 1. The highest BCUT2D eigenvalue weighted by atomic mass is 16.5. The number of oxazole rings is 1. The number of nitrogens with zero attached hydrogens (tertiary/aromatic N) is 1. The van der Waals surface area contributed by atoms with Gasteiger partial charge in [-0.2, -0.15) is 0 Å². The van der Waals surface area contributed by atoms with Crippen molar-refractivity contribution in [3.8, 4) is 28.3 Å². The molecule has 0 spiro atoms. The predicted octanol–water partition coefficient (Wildman–Crippen LogP) is 5.15. The minimum atomic E-state index is -1.07. The van der Waals surface area contributed by atoms with Gasteiger partial charge in [0.05, 0.1) is 0 Å². The van der Waals surface area contributed by atoms with Crippen molar-refractivity contribution < 1.29 is 23.8 Å². The SMILES string of the molecule is CNC(=O)C(=Cc1cccc(OC(C)C(=O)O)c1)c1nc(-c2ccccc2)c(-c2ccccc2)o1. The highest BCUT2D eigenvalue weighted by molar-refractivity contribution is 6.23. The molecule has 0 saturated carbocycles. The molecule has 35 heavy (non-hydrogen) atoms. The maximum atomic E-state index is 12.9. The molecule has 1 atom stereocenters. The Kier molecular flexibility index (Phi) is 7.07. The second-order valence-electron chi connectivity index (χ2n) is 7.74. The third-order valence-electron chi connectivity index (χ3n) is 5.24. The van der Waals surface area contributed by atoms with E-state index in [1.165, 1.54) is 14.0 Å². The molecule has 0 aliphatic rings. The molecule has 4 rings (SSSR count). The predicted molar refractivity (Wildman–Crippen MR) is 133 cm³/mol.